The fourth-order valence-corrected chi connectivity index (χ4v) is 2.58. The lowest BCUT2D eigenvalue weighted by Crippen LogP contribution is -2.51. The summed E-state index contributed by atoms with van der Waals surface area (Å²) in [5.41, 5.74) is 0. The topological polar surface area (TPSA) is 64.6 Å². The van der Waals surface area contributed by atoms with E-state index >= 15 is 0 Å². The number of urea groups is 1. The number of likely N-dealkylation sites (tertiary alicyclic amines) is 1. The second-order valence-corrected chi connectivity index (χ2v) is 6.11. The van der Waals surface area contributed by atoms with Crippen molar-refractivity contribution in [1.82, 2.24) is 15.5 Å². The lowest BCUT2D eigenvalue weighted by molar-refractivity contribution is 0.179. The smallest absolute Gasteiger partial charge is 0.315 e. The van der Waals surface area contributed by atoms with Crippen LogP contribution >= 0.6 is 0 Å². The second-order valence-electron chi connectivity index (χ2n) is 6.11. The minimum absolute atomic E-state index is 0.00319. The lowest BCUT2D eigenvalue weighted by Gasteiger charge is -2.32. The molecule has 1 saturated heterocycles. The fraction of sp³-hybridized carbons (Fsp3) is 0.929. The minimum atomic E-state index is -0.0994. The Kier molecular flexibility index (Phi) is 5.05. The van der Waals surface area contributed by atoms with Crippen molar-refractivity contribution in [2.45, 2.75) is 57.7 Å². The minimum Gasteiger partial charge on any atom is -0.396 e. The highest BCUT2D eigenvalue weighted by atomic mass is 16.3. The molecule has 0 aromatic heterocycles. The number of rotatable bonds is 5. The Labute approximate surface area is 115 Å². The molecule has 0 bridgehead atoms. The molecule has 2 fully saturated rings. The van der Waals surface area contributed by atoms with Crippen molar-refractivity contribution in [3.63, 3.8) is 0 Å². The zero-order valence-electron chi connectivity index (χ0n) is 12.1. The molecule has 2 unspecified atom stereocenters. The van der Waals surface area contributed by atoms with Gasteiger partial charge < -0.3 is 20.6 Å². The van der Waals surface area contributed by atoms with E-state index in [-0.39, 0.29) is 24.6 Å². The van der Waals surface area contributed by atoms with E-state index in [4.69, 9.17) is 5.11 Å². The average Bonchev–Trinajstić information content (AvgIpc) is 3.22. The molecule has 3 N–H and O–H groups in total. The number of hydrogen-bond acceptors (Lipinski definition) is 3. The van der Waals surface area contributed by atoms with Gasteiger partial charge in [0, 0.05) is 37.8 Å². The molecule has 2 rings (SSSR count). The number of piperidine rings is 1. The van der Waals surface area contributed by atoms with Crippen LogP contribution < -0.4 is 10.6 Å². The van der Waals surface area contributed by atoms with Crippen LogP contribution in [0.15, 0.2) is 0 Å². The van der Waals surface area contributed by atoms with Gasteiger partial charge in [0.15, 0.2) is 0 Å². The summed E-state index contributed by atoms with van der Waals surface area (Å²) in [6.45, 7) is 6.17. The van der Waals surface area contributed by atoms with Gasteiger partial charge in [-0.2, -0.15) is 0 Å². The van der Waals surface area contributed by atoms with E-state index in [1.165, 1.54) is 12.8 Å². The van der Waals surface area contributed by atoms with Crippen molar-refractivity contribution < 1.29 is 9.90 Å². The summed E-state index contributed by atoms with van der Waals surface area (Å²) in [6.07, 6.45) is 4.81. The van der Waals surface area contributed by atoms with Gasteiger partial charge in [-0.1, -0.05) is 6.92 Å². The van der Waals surface area contributed by atoms with Gasteiger partial charge in [0.2, 0.25) is 0 Å². The van der Waals surface area contributed by atoms with Crippen LogP contribution in [0.5, 0.6) is 0 Å². The summed E-state index contributed by atoms with van der Waals surface area (Å²) in [5.74, 6) is 0.0856. The second kappa shape index (κ2) is 6.57. The Bertz CT molecular complexity index is 299. The third-order valence-electron chi connectivity index (χ3n) is 4.43. The fourth-order valence-electron chi connectivity index (χ4n) is 2.58. The number of hydrogen-bond donors (Lipinski definition) is 3. The summed E-state index contributed by atoms with van der Waals surface area (Å²) in [6, 6.07) is 1.03. The first-order valence-corrected chi connectivity index (χ1v) is 7.52. The van der Waals surface area contributed by atoms with Crippen molar-refractivity contribution in [2.24, 2.45) is 5.92 Å². The van der Waals surface area contributed by atoms with Gasteiger partial charge in [-0.15, -0.1) is 0 Å². The Morgan fingerprint density at radius 2 is 1.89 bits per heavy atom. The standard InChI is InChI=1S/C14H27N3O2/c1-10(9-18)11(2)15-14(19)16-12-5-7-17(8-6-12)13-3-4-13/h10-13,18H,3-9H2,1-2H3,(H2,15,16,19). The van der Waals surface area contributed by atoms with Crippen molar-refractivity contribution in [3.05, 3.63) is 0 Å². The number of nitrogens with one attached hydrogen (secondary N) is 2. The highest BCUT2D eigenvalue weighted by molar-refractivity contribution is 5.74. The van der Waals surface area contributed by atoms with Gasteiger partial charge in [-0.05, 0) is 38.5 Å². The van der Waals surface area contributed by atoms with Crippen LogP contribution in [-0.2, 0) is 0 Å². The van der Waals surface area contributed by atoms with Crippen molar-refractivity contribution in [2.75, 3.05) is 19.7 Å². The first-order valence-electron chi connectivity index (χ1n) is 7.52. The van der Waals surface area contributed by atoms with Crippen LogP contribution in [0.25, 0.3) is 0 Å². The number of carbonyl (C=O) groups is 1. The van der Waals surface area contributed by atoms with Gasteiger partial charge in [-0.3, -0.25) is 0 Å². The van der Waals surface area contributed by atoms with Crippen LogP contribution in [0.1, 0.15) is 39.5 Å². The van der Waals surface area contributed by atoms with Gasteiger partial charge >= 0.3 is 6.03 Å². The number of aliphatic hydroxyl groups is 1. The number of aliphatic hydroxyl groups excluding tert-OH is 1. The maximum atomic E-state index is 11.9. The normalized spacial score (nSPS) is 24.8. The summed E-state index contributed by atoms with van der Waals surface area (Å²) in [4.78, 5) is 14.4. The predicted molar refractivity (Wildman–Crippen MR) is 75.0 cm³/mol. The molecular formula is C14H27N3O2. The first-order chi connectivity index (χ1) is 9.10. The zero-order chi connectivity index (χ0) is 13.8. The average molecular weight is 269 g/mol. The van der Waals surface area contributed by atoms with Crippen LogP contribution in [-0.4, -0.2) is 53.9 Å². The van der Waals surface area contributed by atoms with Crippen molar-refractivity contribution in [1.29, 1.82) is 0 Å². The van der Waals surface area contributed by atoms with Crippen LogP contribution in [0, 0.1) is 5.92 Å². The molecule has 110 valence electrons. The van der Waals surface area contributed by atoms with Gasteiger partial charge in [-0.25, -0.2) is 4.79 Å². The van der Waals surface area contributed by atoms with E-state index in [0.717, 1.165) is 32.0 Å². The van der Waals surface area contributed by atoms with Crippen molar-refractivity contribution >= 4 is 6.03 Å². The molecule has 5 nitrogen and oxygen atoms in total. The molecule has 1 aliphatic carbocycles. The van der Waals surface area contributed by atoms with Crippen LogP contribution in [0.3, 0.4) is 0 Å². The van der Waals surface area contributed by atoms with Crippen molar-refractivity contribution in [3.8, 4) is 0 Å². The number of carbonyl (C=O) groups excluding carboxylic acids is 1. The number of nitrogens with zero attached hydrogens (tertiary/aromatic N) is 1. The molecule has 19 heavy (non-hydrogen) atoms. The third-order valence-corrected chi connectivity index (χ3v) is 4.43. The maximum absolute atomic E-state index is 11.9. The first kappa shape index (κ1) is 14.6. The van der Waals surface area contributed by atoms with Crippen LogP contribution in [0.4, 0.5) is 4.79 Å². The molecule has 1 aliphatic heterocycles. The molecule has 0 radical (unpaired) electrons. The molecule has 2 amide bonds. The Hall–Kier alpha value is -0.810. The highest BCUT2D eigenvalue weighted by Gasteiger charge is 2.32. The summed E-state index contributed by atoms with van der Waals surface area (Å²) >= 11 is 0. The Morgan fingerprint density at radius 3 is 2.42 bits per heavy atom. The number of amides is 2. The predicted octanol–water partition coefficient (Wildman–Crippen LogP) is 0.929. The summed E-state index contributed by atoms with van der Waals surface area (Å²) in [7, 11) is 0. The van der Waals surface area contributed by atoms with Gasteiger partial charge in [0.25, 0.3) is 0 Å². The Balaban J connectivity index is 1.65. The molecule has 5 heteroatoms. The Morgan fingerprint density at radius 1 is 1.26 bits per heavy atom. The largest absolute Gasteiger partial charge is 0.396 e. The molecular weight excluding hydrogens is 242 g/mol. The summed E-state index contributed by atoms with van der Waals surface area (Å²) < 4.78 is 0. The third kappa shape index (κ3) is 4.35. The van der Waals surface area contributed by atoms with E-state index < -0.39 is 0 Å². The quantitative estimate of drug-likeness (QED) is 0.695. The molecule has 1 heterocycles. The molecule has 2 atom stereocenters. The van der Waals surface area contributed by atoms with Crippen LogP contribution in [0.2, 0.25) is 0 Å². The highest BCUT2D eigenvalue weighted by Crippen LogP contribution is 2.29. The van der Waals surface area contributed by atoms with E-state index in [1.807, 2.05) is 13.8 Å². The summed E-state index contributed by atoms with van der Waals surface area (Å²) in [5, 5.41) is 15.0. The SMILES string of the molecule is CC(CO)C(C)NC(=O)NC1CCN(C2CC2)CC1. The lowest BCUT2D eigenvalue weighted by atomic mass is 10.0. The molecule has 0 aromatic rings. The van der Waals surface area contributed by atoms with Gasteiger partial charge in [0.1, 0.15) is 0 Å². The molecule has 0 aromatic carbocycles. The van der Waals surface area contributed by atoms with E-state index in [2.05, 4.69) is 15.5 Å². The maximum Gasteiger partial charge on any atom is 0.315 e. The molecule has 1 saturated carbocycles. The zero-order valence-corrected chi connectivity index (χ0v) is 12.1. The van der Waals surface area contributed by atoms with E-state index in [1.54, 1.807) is 0 Å². The molecule has 2 aliphatic rings. The van der Waals surface area contributed by atoms with E-state index in [9.17, 15) is 4.79 Å². The van der Waals surface area contributed by atoms with E-state index in [0.29, 0.717) is 6.04 Å². The monoisotopic (exact) mass is 269 g/mol. The van der Waals surface area contributed by atoms with Gasteiger partial charge in [0.05, 0.1) is 0 Å². The molecule has 0 spiro atoms.